The van der Waals surface area contributed by atoms with Crippen LogP contribution in [0.25, 0.3) is 0 Å². The van der Waals surface area contributed by atoms with Gasteiger partial charge in [-0.05, 0) is 30.3 Å². The summed E-state index contributed by atoms with van der Waals surface area (Å²) >= 11 is 8.20. The largest absolute Gasteiger partial charge is 0.477 e. The average molecular weight is 328 g/mol. The highest BCUT2D eigenvalue weighted by Crippen LogP contribution is 2.25. The lowest BCUT2D eigenvalue weighted by atomic mass is 10.3. The summed E-state index contributed by atoms with van der Waals surface area (Å²) in [6, 6.07) is 8.40. The monoisotopic (exact) mass is 327 g/mol. The Bertz CT molecular complexity index is 625. The SMILES string of the molecule is O=C(CSc1csc(C(=O)O)c1)Nc1ccc(Cl)cc1. The Balaban J connectivity index is 1.85. The van der Waals surface area contributed by atoms with Crippen LogP contribution in [0, 0.1) is 0 Å². The van der Waals surface area contributed by atoms with Crippen LogP contribution in [-0.2, 0) is 4.79 Å². The van der Waals surface area contributed by atoms with Crippen LogP contribution < -0.4 is 5.32 Å². The van der Waals surface area contributed by atoms with Gasteiger partial charge in [0.15, 0.2) is 0 Å². The number of halogens is 1. The molecule has 20 heavy (non-hydrogen) atoms. The van der Waals surface area contributed by atoms with Gasteiger partial charge in [-0.3, -0.25) is 4.79 Å². The number of aromatic carboxylic acids is 1. The number of carboxylic acid groups (broad SMARTS) is 1. The summed E-state index contributed by atoms with van der Waals surface area (Å²) in [7, 11) is 0. The third kappa shape index (κ3) is 4.26. The standard InChI is InChI=1S/C13H10ClNO3S2/c14-8-1-3-9(4-2-8)15-12(16)7-19-10-5-11(13(17)18)20-6-10/h1-6H,7H2,(H,15,16)(H,17,18). The van der Waals surface area contributed by atoms with E-state index < -0.39 is 5.97 Å². The van der Waals surface area contributed by atoms with E-state index in [1.807, 2.05) is 0 Å². The highest BCUT2D eigenvalue weighted by Gasteiger charge is 2.09. The maximum atomic E-state index is 11.7. The second kappa shape index (κ2) is 6.78. The average Bonchev–Trinajstić information content (AvgIpc) is 2.88. The summed E-state index contributed by atoms with van der Waals surface area (Å²) in [6.07, 6.45) is 0. The van der Waals surface area contributed by atoms with E-state index in [0.29, 0.717) is 10.7 Å². The second-order valence-electron chi connectivity index (χ2n) is 3.80. The van der Waals surface area contributed by atoms with Crippen LogP contribution in [0.1, 0.15) is 9.67 Å². The lowest BCUT2D eigenvalue weighted by Gasteiger charge is -2.04. The van der Waals surface area contributed by atoms with E-state index in [1.54, 1.807) is 35.7 Å². The van der Waals surface area contributed by atoms with Crippen molar-refractivity contribution in [3.63, 3.8) is 0 Å². The molecule has 0 saturated carbocycles. The van der Waals surface area contributed by atoms with Crippen LogP contribution in [0.4, 0.5) is 5.69 Å². The molecule has 0 bridgehead atoms. The second-order valence-corrected chi connectivity index (χ2v) is 6.19. The summed E-state index contributed by atoms with van der Waals surface area (Å²) in [5.74, 6) is -0.883. The Morgan fingerprint density at radius 1 is 1.30 bits per heavy atom. The zero-order chi connectivity index (χ0) is 14.5. The fourth-order valence-electron chi connectivity index (χ4n) is 1.39. The Labute approximate surface area is 128 Å². The van der Waals surface area contributed by atoms with Crippen LogP contribution in [0.5, 0.6) is 0 Å². The molecule has 0 aliphatic carbocycles. The van der Waals surface area contributed by atoms with Crippen molar-refractivity contribution in [3.8, 4) is 0 Å². The highest BCUT2D eigenvalue weighted by atomic mass is 35.5. The van der Waals surface area contributed by atoms with Gasteiger partial charge in [0.05, 0.1) is 5.75 Å². The summed E-state index contributed by atoms with van der Waals surface area (Å²) < 4.78 is 0. The van der Waals surface area contributed by atoms with Gasteiger partial charge in [0, 0.05) is 21.0 Å². The van der Waals surface area contributed by atoms with E-state index >= 15 is 0 Å². The van der Waals surface area contributed by atoms with Crippen molar-refractivity contribution in [2.75, 3.05) is 11.1 Å². The molecule has 0 atom stereocenters. The van der Waals surface area contributed by atoms with E-state index in [0.717, 1.165) is 16.2 Å². The number of hydrogen-bond donors (Lipinski definition) is 2. The molecular formula is C13H10ClNO3S2. The van der Waals surface area contributed by atoms with Crippen molar-refractivity contribution in [2.24, 2.45) is 0 Å². The molecule has 104 valence electrons. The topological polar surface area (TPSA) is 66.4 Å². The van der Waals surface area contributed by atoms with Gasteiger partial charge in [-0.2, -0.15) is 0 Å². The Morgan fingerprint density at radius 3 is 2.60 bits per heavy atom. The lowest BCUT2D eigenvalue weighted by molar-refractivity contribution is -0.113. The van der Waals surface area contributed by atoms with Crippen molar-refractivity contribution in [1.29, 1.82) is 0 Å². The van der Waals surface area contributed by atoms with Crippen LogP contribution in [0.2, 0.25) is 5.02 Å². The maximum Gasteiger partial charge on any atom is 0.345 e. The van der Waals surface area contributed by atoms with E-state index in [-0.39, 0.29) is 16.5 Å². The smallest absolute Gasteiger partial charge is 0.345 e. The van der Waals surface area contributed by atoms with Gasteiger partial charge in [0.25, 0.3) is 0 Å². The molecule has 0 aliphatic rings. The van der Waals surface area contributed by atoms with Gasteiger partial charge in [0.2, 0.25) is 5.91 Å². The van der Waals surface area contributed by atoms with E-state index in [9.17, 15) is 9.59 Å². The molecule has 0 radical (unpaired) electrons. The van der Waals surface area contributed by atoms with Crippen molar-refractivity contribution in [3.05, 3.63) is 45.6 Å². The number of anilines is 1. The molecule has 1 amide bonds. The van der Waals surface area contributed by atoms with Gasteiger partial charge in [-0.25, -0.2) is 4.79 Å². The molecular weight excluding hydrogens is 318 g/mol. The number of benzene rings is 1. The molecule has 2 aromatic rings. The van der Waals surface area contributed by atoms with Gasteiger partial charge < -0.3 is 10.4 Å². The number of rotatable bonds is 5. The minimum absolute atomic E-state index is 0.152. The van der Waals surface area contributed by atoms with E-state index in [2.05, 4.69) is 5.32 Å². The van der Waals surface area contributed by atoms with Crippen molar-refractivity contribution < 1.29 is 14.7 Å². The third-order valence-electron chi connectivity index (χ3n) is 2.28. The van der Waals surface area contributed by atoms with Gasteiger partial charge in [0.1, 0.15) is 4.88 Å². The number of hydrogen-bond acceptors (Lipinski definition) is 4. The van der Waals surface area contributed by atoms with Crippen LogP contribution in [-0.4, -0.2) is 22.7 Å². The Morgan fingerprint density at radius 2 is 2.00 bits per heavy atom. The van der Waals surface area contributed by atoms with Crippen LogP contribution in [0.3, 0.4) is 0 Å². The minimum atomic E-state index is -0.951. The molecule has 2 N–H and O–H groups in total. The van der Waals surface area contributed by atoms with Crippen molar-refractivity contribution in [2.45, 2.75) is 4.90 Å². The number of thioether (sulfide) groups is 1. The number of carbonyl (C=O) groups is 2. The molecule has 4 nitrogen and oxygen atoms in total. The first-order valence-electron chi connectivity index (χ1n) is 5.54. The summed E-state index contributed by atoms with van der Waals surface area (Å²) in [5.41, 5.74) is 0.677. The van der Waals surface area contributed by atoms with Crippen molar-refractivity contribution >= 4 is 52.3 Å². The first kappa shape index (κ1) is 14.9. The Hall–Kier alpha value is -1.50. The molecule has 0 unspecified atom stereocenters. The van der Waals surface area contributed by atoms with E-state index in [4.69, 9.17) is 16.7 Å². The number of nitrogens with one attached hydrogen (secondary N) is 1. The highest BCUT2D eigenvalue weighted by molar-refractivity contribution is 8.00. The zero-order valence-corrected chi connectivity index (χ0v) is 12.5. The number of carbonyl (C=O) groups excluding carboxylic acids is 1. The van der Waals surface area contributed by atoms with Gasteiger partial charge in [-0.1, -0.05) is 11.6 Å². The predicted molar refractivity (Wildman–Crippen MR) is 82.1 cm³/mol. The minimum Gasteiger partial charge on any atom is -0.477 e. The fraction of sp³-hybridized carbons (Fsp3) is 0.0769. The summed E-state index contributed by atoms with van der Waals surface area (Å²) in [4.78, 5) is 23.5. The lowest BCUT2D eigenvalue weighted by Crippen LogP contribution is -2.13. The number of amides is 1. The summed E-state index contributed by atoms with van der Waals surface area (Å²) in [5, 5.41) is 13.9. The molecule has 7 heteroatoms. The van der Waals surface area contributed by atoms with Crippen LogP contribution in [0.15, 0.2) is 40.6 Å². The maximum absolute atomic E-state index is 11.7. The number of thiophene rings is 1. The molecule has 0 aliphatic heterocycles. The molecule has 0 saturated heterocycles. The molecule has 2 rings (SSSR count). The first-order chi connectivity index (χ1) is 9.54. The number of carboxylic acids is 1. The predicted octanol–water partition coefficient (Wildman–Crippen LogP) is 3.83. The van der Waals surface area contributed by atoms with Gasteiger partial charge in [-0.15, -0.1) is 23.1 Å². The molecule has 1 aromatic heterocycles. The van der Waals surface area contributed by atoms with Gasteiger partial charge >= 0.3 is 5.97 Å². The zero-order valence-electron chi connectivity index (χ0n) is 10.1. The molecule has 0 fully saturated rings. The molecule has 1 heterocycles. The summed E-state index contributed by atoms with van der Waals surface area (Å²) in [6.45, 7) is 0. The fourth-order valence-corrected chi connectivity index (χ4v) is 3.18. The third-order valence-corrected chi connectivity index (χ3v) is 4.58. The van der Waals surface area contributed by atoms with Crippen molar-refractivity contribution in [1.82, 2.24) is 0 Å². The normalized spacial score (nSPS) is 10.2. The van der Waals surface area contributed by atoms with E-state index in [1.165, 1.54) is 11.8 Å². The Kier molecular flexibility index (Phi) is 5.05. The van der Waals surface area contributed by atoms with Crippen LogP contribution >= 0.6 is 34.7 Å². The molecule has 1 aromatic carbocycles. The molecule has 0 spiro atoms. The quantitative estimate of drug-likeness (QED) is 0.819. The first-order valence-corrected chi connectivity index (χ1v) is 7.79.